The van der Waals surface area contributed by atoms with Crippen molar-refractivity contribution in [3.8, 4) is 85.1 Å². The average Bonchev–Trinajstić information content (AvgIpc) is 3.84. The summed E-state index contributed by atoms with van der Waals surface area (Å²) in [5, 5.41) is 14.2. The fourth-order valence-electron chi connectivity index (χ4n) is 8.39. The molecular formula is C56H35N9. The molecule has 3 heterocycles. The Balaban J connectivity index is 1.03. The highest BCUT2D eigenvalue weighted by atomic mass is 15.5. The van der Waals surface area contributed by atoms with Gasteiger partial charge in [0, 0.05) is 27.6 Å². The third-order valence-electron chi connectivity index (χ3n) is 11.6. The Labute approximate surface area is 373 Å². The van der Waals surface area contributed by atoms with E-state index in [1.807, 2.05) is 140 Å². The van der Waals surface area contributed by atoms with E-state index in [2.05, 4.69) is 72.8 Å². The molecule has 0 saturated heterocycles. The van der Waals surface area contributed by atoms with Gasteiger partial charge in [-0.1, -0.05) is 182 Å². The Morgan fingerprint density at radius 2 is 0.785 bits per heavy atom. The van der Waals surface area contributed by atoms with Crippen LogP contribution in [0, 0.1) is 0 Å². The van der Waals surface area contributed by atoms with Crippen molar-refractivity contribution in [3.63, 3.8) is 0 Å². The van der Waals surface area contributed by atoms with Gasteiger partial charge in [-0.05, 0) is 68.7 Å². The van der Waals surface area contributed by atoms with Gasteiger partial charge in [0.1, 0.15) is 11.0 Å². The quantitative estimate of drug-likeness (QED) is 0.139. The maximum absolute atomic E-state index is 5.21. The standard InChI is InChI=1S/C56H35N9/c1-5-16-36(17-6-1)41-22-15-23-43(34-41)53-57-51(39-18-7-2-8-19-39)59-55(61-53)56-60-52(40-20-9-3-10-21-40)58-54(62-56)46-27-14-13-26-45(46)42-31-29-37-28-30-38-32-33-48-50(49(38)47(37)35-42)64-65(63-48)44-24-11-4-12-25-44/h1-35H. The molecule has 9 nitrogen and oxygen atoms in total. The van der Waals surface area contributed by atoms with E-state index in [4.69, 9.17) is 40.1 Å². The Bertz CT molecular complexity index is 3710. The molecule has 9 heteroatoms. The lowest BCUT2D eigenvalue weighted by molar-refractivity contribution is 0.766. The first-order chi connectivity index (χ1) is 32.2. The van der Waals surface area contributed by atoms with Gasteiger partial charge in [0.2, 0.25) is 11.6 Å². The third kappa shape index (κ3) is 7.13. The summed E-state index contributed by atoms with van der Waals surface area (Å²) in [4.78, 5) is 32.3. The molecule has 65 heavy (non-hydrogen) atoms. The fraction of sp³-hybridized carbons (Fsp3) is 0. The van der Waals surface area contributed by atoms with Crippen LogP contribution in [0.25, 0.3) is 118 Å². The van der Waals surface area contributed by atoms with Crippen molar-refractivity contribution in [3.05, 3.63) is 212 Å². The highest BCUT2D eigenvalue weighted by Crippen LogP contribution is 2.38. The Morgan fingerprint density at radius 3 is 1.48 bits per heavy atom. The molecule has 0 aliphatic heterocycles. The zero-order valence-corrected chi connectivity index (χ0v) is 34.7. The van der Waals surface area contributed by atoms with Gasteiger partial charge in [-0.25, -0.2) is 29.9 Å². The fourth-order valence-corrected chi connectivity index (χ4v) is 8.39. The molecule has 0 atom stereocenters. The lowest BCUT2D eigenvalue weighted by Crippen LogP contribution is -2.06. The van der Waals surface area contributed by atoms with Crippen LogP contribution in [0.15, 0.2) is 212 Å². The molecule has 0 N–H and O–H groups in total. The molecule has 0 aliphatic rings. The predicted molar refractivity (Wildman–Crippen MR) is 259 cm³/mol. The molecule has 0 spiro atoms. The van der Waals surface area contributed by atoms with E-state index in [0.717, 1.165) is 82.8 Å². The summed E-state index contributed by atoms with van der Waals surface area (Å²) in [6.07, 6.45) is 0. The number of rotatable bonds is 8. The zero-order valence-electron chi connectivity index (χ0n) is 34.7. The van der Waals surface area contributed by atoms with Gasteiger partial charge < -0.3 is 0 Å². The van der Waals surface area contributed by atoms with E-state index in [9.17, 15) is 0 Å². The molecule has 0 unspecified atom stereocenters. The van der Waals surface area contributed by atoms with Crippen LogP contribution in [-0.2, 0) is 0 Å². The van der Waals surface area contributed by atoms with Crippen LogP contribution in [0.3, 0.4) is 0 Å². The average molecular weight is 834 g/mol. The molecular weight excluding hydrogens is 799 g/mol. The molecule has 0 saturated carbocycles. The van der Waals surface area contributed by atoms with Crippen LogP contribution in [0.1, 0.15) is 0 Å². The molecule has 304 valence electrons. The topological polar surface area (TPSA) is 108 Å². The highest BCUT2D eigenvalue weighted by molar-refractivity contribution is 6.19. The van der Waals surface area contributed by atoms with Gasteiger partial charge >= 0.3 is 0 Å². The molecule has 3 aromatic heterocycles. The summed E-state index contributed by atoms with van der Waals surface area (Å²) in [6, 6.07) is 71.7. The molecule has 0 fully saturated rings. The van der Waals surface area contributed by atoms with Gasteiger partial charge in [-0.15, -0.1) is 10.2 Å². The maximum atomic E-state index is 5.21. The summed E-state index contributed by atoms with van der Waals surface area (Å²) in [5.41, 5.74) is 10.1. The molecule has 9 aromatic carbocycles. The number of hydrogen-bond acceptors (Lipinski definition) is 8. The van der Waals surface area contributed by atoms with Crippen LogP contribution in [0.4, 0.5) is 0 Å². The van der Waals surface area contributed by atoms with Gasteiger partial charge in [-0.2, -0.15) is 4.80 Å². The maximum Gasteiger partial charge on any atom is 0.202 e. The Hall–Kier alpha value is -9.08. The molecule has 12 aromatic rings. The second-order valence-electron chi connectivity index (χ2n) is 15.7. The van der Waals surface area contributed by atoms with Crippen LogP contribution in [0.5, 0.6) is 0 Å². The van der Waals surface area contributed by atoms with Crippen molar-refractivity contribution < 1.29 is 0 Å². The number of nitrogens with zero attached hydrogens (tertiary/aromatic N) is 9. The van der Waals surface area contributed by atoms with E-state index in [-0.39, 0.29) is 0 Å². The minimum Gasteiger partial charge on any atom is -0.208 e. The number of para-hydroxylation sites is 1. The monoisotopic (exact) mass is 833 g/mol. The molecule has 0 radical (unpaired) electrons. The molecule has 0 bridgehead atoms. The second-order valence-corrected chi connectivity index (χ2v) is 15.7. The first-order valence-electron chi connectivity index (χ1n) is 21.4. The molecule has 0 aliphatic carbocycles. The predicted octanol–water partition coefficient (Wildman–Crippen LogP) is 12.8. The summed E-state index contributed by atoms with van der Waals surface area (Å²) in [7, 11) is 0. The normalized spacial score (nSPS) is 11.4. The summed E-state index contributed by atoms with van der Waals surface area (Å²) >= 11 is 0. The first-order valence-corrected chi connectivity index (χ1v) is 21.4. The van der Waals surface area contributed by atoms with Crippen molar-refractivity contribution in [2.24, 2.45) is 0 Å². The number of benzene rings is 9. The van der Waals surface area contributed by atoms with E-state index in [1.54, 1.807) is 4.80 Å². The largest absolute Gasteiger partial charge is 0.208 e. The highest BCUT2D eigenvalue weighted by Gasteiger charge is 2.21. The zero-order chi connectivity index (χ0) is 43.1. The van der Waals surface area contributed by atoms with Crippen molar-refractivity contribution in [1.29, 1.82) is 0 Å². The van der Waals surface area contributed by atoms with Crippen molar-refractivity contribution in [2.75, 3.05) is 0 Å². The third-order valence-corrected chi connectivity index (χ3v) is 11.6. The van der Waals surface area contributed by atoms with Gasteiger partial charge in [0.05, 0.1) is 5.69 Å². The number of hydrogen-bond donors (Lipinski definition) is 0. The molecule has 0 amide bonds. The lowest BCUT2D eigenvalue weighted by atomic mass is 9.94. The smallest absolute Gasteiger partial charge is 0.202 e. The van der Waals surface area contributed by atoms with Crippen LogP contribution in [-0.4, -0.2) is 44.9 Å². The van der Waals surface area contributed by atoms with Crippen LogP contribution >= 0.6 is 0 Å². The van der Waals surface area contributed by atoms with Crippen LogP contribution in [0.2, 0.25) is 0 Å². The first kappa shape index (κ1) is 37.7. The van der Waals surface area contributed by atoms with Gasteiger partial charge in [0.15, 0.2) is 23.3 Å². The van der Waals surface area contributed by atoms with Gasteiger partial charge in [0.25, 0.3) is 0 Å². The minimum absolute atomic E-state index is 0.331. The van der Waals surface area contributed by atoms with E-state index in [0.29, 0.717) is 34.9 Å². The SMILES string of the molecule is c1ccc(-c2cccc(-c3nc(-c4ccccc4)nc(-c4nc(-c5ccccc5)nc(-c5ccccc5-c5ccc6ccc7ccc8nn(-c9ccccc9)nc8c7c6c5)n4)n3)c2)cc1. The lowest BCUT2D eigenvalue weighted by Gasteiger charge is -2.13. The van der Waals surface area contributed by atoms with E-state index < -0.39 is 0 Å². The van der Waals surface area contributed by atoms with Crippen molar-refractivity contribution in [1.82, 2.24) is 44.9 Å². The van der Waals surface area contributed by atoms with Crippen molar-refractivity contribution >= 4 is 32.6 Å². The van der Waals surface area contributed by atoms with E-state index >= 15 is 0 Å². The summed E-state index contributed by atoms with van der Waals surface area (Å²) in [6.45, 7) is 0. The Kier molecular flexibility index (Phi) is 9.27. The van der Waals surface area contributed by atoms with Gasteiger partial charge in [-0.3, -0.25) is 0 Å². The van der Waals surface area contributed by atoms with Crippen molar-refractivity contribution in [2.45, 2.75) is 0 Å². The number of aromatic nitrogens is 9. The van der Waals surface area contributed by atoms with Crippen LogP contribution < -0.4 is 0 Å². The summed E-state index contributed by atoms with van der Waals surface area (Å²) in [5.74, 6) is 2.68. The van der Waals surface area contributed by atoms with E-state index in [1.165, 1.54) is 0 Å². The second kappa shape index (κ2) is 16.0. The Morgan fingerprint density at radius 1 is 0.292 bits per heavy atom. The minimum atomic E-state index is 0.331. The number of fused-ring (bicyclic) bond motifs is 5. The summed E-state index contributed by atoms with van der Waals surface area (Å²) < 4.78 is 0. The molecule has 12 rings (SSSR count).